The number of ether oxygens (including phenoxy) is 1. The smallest absolute Gasteiger partial charge is 0.244 e. The number of aromatic amines is 1. The van der Waals surface area contributed by atoms with Gasteiger partial charge in [0.1, 0.15) is 5.82 Å². The maximum atomic E-state index is 5.62. The van der Waals surface area contributed by atoms with Crippen molar-refractivity contribution in [2.24, 2.45) is 5.92 Å². The lowest BCUT2D eigenvalue weighted by Gasteiger charge is -2.31. The molecule has 0 aliphatic carbocycles. The number of hydrogen-bond acceptors (Lipinski definition) is 5. The van der Waals surface area contributed by atoms with Gasteiger partial charge < -0.3 is 15.0 Å². The molecule has 3 heterocycles. The summed E-state index contributed by atoms with van der Waals surface area (Å²) < 4.78 is 5.62. The zero-order valence-electron chi connectivity index (χ0n) is 13.1. The summed E-state index contributed by atoms with van der Waals surface area (Å²) in [6.45, 7) is 9.43. The van der Waals surface area contributed by atoms with Gasteiger partial charge in [-0.2, -0.15) is 4.98 Å². The first-order valence-corrected chi connectivity index (χ1v) is 8.27. The van der Waals surface area contributed by atoms with Crippen LogP contribution in [0.2, 0.25) is 0 Å². The van der Waals surface area contributed by atoms with Crippen LogP contribution in [0.15, 0.2) is 0 Å². The Balaban J connectivity index is 1.55. The Bertz CT molecular complexity index is 441. The minimum absolute atomic E-state index is 0.247. The first-order chi connectivity index (χ1) is 10.3. The van der Waals surface area contributed by atoms with E-state index in [1.165, 1.54) is 12.8 Å². The molecule has 0 amide bonds. The third kappa shape index (κ3) is 3.37. The molecule has 0 aromatic carbocycles. The number of piperidine rings is 1. The van der Waals surface area contributed by atoms with Crippen molar-refractivity contribution in [2.75, 3.05) is 37.7 Å². The third-order valence-corrected chi connectivity index (χ3v) is 4.80. The van der Waals surface area contributed by atoms with Crippen LogP contribution in [0.3, 0.4) is 0 Å². The SMILES string of the molecule is CCNCC1CCN(c2n[nH]c(C3CCOC3C)n2)CC1. The molecule has 0 spiro atoms. The highest BCUT2D eigenvalue weighted by Crippen LogP contribution is 2.30. The van der Waals surface area contributed by atoms with E-state index in [0.717, 1.165) is 56.9 Å². The monoisotopic (exact) mass is 293 g/mol. The molecular formula is C15H27N5O. The predicted octanol–water partition coefficient (Wildman–Crippen LogP) is 1.52. The Labute approximate surface area is 126 Å². The number of H-pyrrole nitrogens is 1. The average Bonchev–Trinajstić information content (AvgIpc) is 3.14. The lowest BCUT2D eigenvalue weighted by atomic mass is 9.97. The summed E-state index contributed by atoms with van der Waals surface area (Å²) in [5.41, 5.74) is 0. The molecule has 0 radical (unpaired) electrons. The number of nitrogens with zero attached hydrogens (tertiary/aromatic N) is 3. The van der Waals surface area contributed by atoms with Crippen molar-refractivity contribution >= 4 is 5.95 Å². The second kappa shape index (κ2) is 6.75. The maximum Gasteiger partial charge on any atom is 0.244 e. The van der Waals surface area contributed by atoms with Crippen LogP contribution in [0.25, 0.3) is 0 Å². The maximum absolute atomic E-state index is 5.62. The van der Waals surface area contributed by atoms with Crippen molar-refractivity contribution in [3.05, 3.63) is 5.82 Å². The first kappa shape index (κ1) is 14.8. The summed E-state index contributed by atoms with van der Waals surface area (Å²) in [6.07, 6.45) is 3.73. The van der Waals surface area contributed by atoms with Gasteiger partial charge in [-0.1, -0.05) is 6.92 Å². The van der Waals surface area contributed by atoms with Crippen LogP contribution in [0.1, 0.15) is 44.9 Å². The van der Waals surface area contributed by atoms with Gasteiger partial charge in [-0.15, -0.1) is 5.10 Å². The summed E-state index contributed by atoms with van der Waals surface area (Å²) in [7, 11) is 0. The van der Waals surface area contributed by atoms with Gasteiger partial charge in [0.15, 0.2) is 0 Å². The van der Waals surface area contributed by atoms with Crippen LogP contribution in [0.5, 0.6) is 0 Å². The fourth-order valence-corrected chi connectivity index (χ4v) is 3.35. The van der Waals surface area contributed by atoms with Crippen LogP contribution in [-0.2, 0) is 4.74 Å². The minimum atomic E-state index is 0.247. The molecule has 21 heavy (non-hydrogen) atoms. The van der Waals surface area contributed by atoms with E-state index < -0.39 is 0 Å². The fraction of sp³-hybridized carbons (Fsp3) is 0.867. The Morgan fingerprint density at radius 3 is 2.81 bits per heavy atom. The van der Waals surface area contributed by atoms with E-state index in [-0.39, 0.29) is 6.10 Å². The molecule has 2 atom stereocenters. The summed E-state index contributed by atoms with van der Waals surface area (Å²) >= 11 is 0. The van der Waals surface area contributed by atoms with Gasteiger partial charge in [0.25, 0.3) is 0 Å². The van der Waals surface area contributed by atoms with Crippen molar-refractivity contribution in [1.29, 1.82) is 0 Å². The highest BCUT2D eigenvalue weighted by molar-refractivity contribution is 5.30. The lowest BCUT2D eigenvalue weighted by molar-refractivity contribution is 0.117. The summed E-state index contributed by atoms with van der Waals surface area (Å²) in [4.78, 5) is 7.03. The van der Waals surface area contributed by atoms with Crippen molar-refractivity contribution in [3.8, 4) is 0 Å². The second-order valence-corrected chi connectivity index (χ2v) is 6.23. The van der Waals surface area contributed by atoms with Crippen LogP contribution in [0, 0.1) is 5.92 Å². The topological polar surface area (TPSA) is 66.1 Å². The number of hydrogen-bond donors (Lipinski definition) is 2. The average molecular weight is 293 g/mol. The lowest BCUT2D eigenvalue weighted by Crippen LogP contribution is -2.37. The van der Waals surface area contributed by atoms with Gasteiger partial charge >= 0.3 is 0 Å². The van der Waals surface area contributed by atoms with Crippen LogP contribution in [-0.4, -0.2) is 54.1 Å². The molecule has 0 bridgehead atoms. The second-order valence-electron chi connectivity index (χ2n) is 6.23. The van der Waals surface area contributed by atoms with E-state index in [1.54, 1.807) is 0 Å². The Kier molecular flexibility index (Phi) is 4.75. The van der Waals surface area contributed by atoms with E-state index in [2.05, 4.69) is 34.3 Å². The van der Waals surface area contributed by atoms with Crippen molar-refractivity contribution in [1.82, 2.24) is 20.5 Å². The Hall–Kier alpha value is -1.14. The highest BCUT2D eigenvalue weighted by atomic mass is 16.5. The molecule has 118 valence electrons. The van der Waals surface area contributed by atoms with E-state index in [9.17, 15) is 0 Å². The molecule has 2 fully saturated rings. The molecule has 6 heteroatoms. The highest BCUT2D eigenvalue weighted by Gasteiger charge is 2.30. The predicted molar refractivity (Wildman–Crippen MR) is 82.6 cm³/mol. The van der Waals surface area contributed by atoms with Gasteiger partial charge in [-0.3, -0.25) is 5.10 Å². The molecular weight excluding hydrogens is 266 g/mol. The van der Waals surface area contributed by atoms with Crippen molar-refractivity contribution < 1.29 is 4.74 Å². The van der Waals surface area contributed by atoms with Gasteiger partial charge in [-0.05, 0) is 45.2 Å². The summed E-state index contributed by atoms with van der Waals surface area (Å²) in [5, 5.41) is 11.0. The molecule has 2 aliphatic heterocycles. The fourth-order valence-electron chi connectivity index (χ4n) is 3.35. The quantitative estimate of drug-likeness (QED) is 0.862. The van der Waals surface area contributed by atoms with Gasteiger partial charge in [-0.25, -0.2) is 0 Å². The van der Waals surface area contributed by atoms with Crippen molar-refractivity contribution in [3.63, 3.8) is 0 Å². The van der Waals surface area contributed by atoms with E-state index in [0.29, 0.717) is 5.92 Å². The zero-order valence-corrected chi connectivity index (χ0v) is 13.1. The van der Waals surface area contributed by atoms with Gasteiger partial charge in [0, 0.05) is 25.6 Å². The molecule has 2 N–H and O–H groups in total. The minimum Gasteiger partial charge on any atom is -0.378 e. The van der Waals surface area contributed by atoms with Crippen molar-refractivity contribution in [2.45, 2.75) is 45.1 Å². The first-order valence-electron chi connectivity index (χ1n) is 8.27. The number of nitrogens with one attached hydrogen (secondary N) is 2. The largest absolute Gasteiger partial charge is 0.378 e. The van der Waals surface area contributed by atoms with E-state index >= 15 is 0 Å². The third-order valence-electron chi connectivity index (χ3n) is 4.80. The normalized spacial score (nSPS) is 27.4. The molecule has 2 unspecified atom stereocenters. The Morgan fingerprint density at radius 2 is 2.14 bits per heavy atom. The van der Waals surface area contributed by atoms with Crippen LogP contribution in [0.4, 0.5) is 5.95 Å². The molecule has 2 aliphatic rings. The molecule has 1 aromatic heterocycles. The molecule has 2 saturated heterocycles. The van der Waals surface area contributed by atoms with E-state index in [4.69, 9.17) is 9.72 Å². The number of anilines is 1. The molecule has 3 rings (SSSR count). The van der Waals surface area contributed by atoms with E-state index in [1.807, 2.05) is 0 Å². The summed E-state index contributed by atoms with van der Waals surface area (Å²) in [5.74, 6) is 3.02. The molecule has 6 nitrogen and oxygen atoms in total. The number of aromatic nitrogens is 3. The standard InChI is InChI=1S/C15H27N5O/c1-3-16-10-12-4-7-20(8-5-12)15-17-14(18-19-15)13-6-9-21-11(13)2/h11-13,16H,3-10H2,1-2H3,(H,17,18,19). The van der Waals surface area contributed by atoms with Gasteiger partial charge in [0.05, 0.1) is 6.10 Å². The molecule has 0 saturated carbocycles. The summed E-state index contributed by atoms with van der Waals surface area (Å²) in [6, 6.07) is 0. The Morgan fingerprint density at radius 1 is 1.33 bits per heavy atom. The number of rotatable bonds is 5. The zero-order chi connectivity index (χ0) is 14.7. The van der Waals surface area contributed by atoms with Crippen LogP contribution >= 0.6 is 0 Å². The molecule has 1 aromatic rings. The van der Waals surface area contributed by atoms with Crippen LogP contribution < -0.4 is 10.2 Å². The van der Waals surface area contributed by atoms with Gasteiger partial charge in [0.2, 0.25) is 5.95 Å².